The summed E-state index contributed by atoms with van der Waals surface area (Å²) in [6.07, 6.45) is 4.64. The van der Waals surface area contributed by atoms with Crippen molar-refractivity contribution >= 4 is 24.9 Å². The molecule has 0 bridgehead atoms. The minimum absolute atomic E-state index is 0. The molecule has 0 saturated heterocycles. The number of nitrogens with zero attached hydrogens (tertiary/aromatic N) is 1. The van der Waals surface area contributed by atoms with Gasteiger partial charge in [0.15, 0.2) is 10.0 Å². The second-order valence-electron chi connectivity index (χ2n) is 6.66. The van der Waals surface area contributed by atoms with Crippen LogP contribution >= 0.6 is 0 Å². The fourth-order valence-electron chi connectivity index (χ4n) is 1.39. The van der Waals surface area contributed by atoms with Crippen LogP contribution in [0.5, 0.6) is 0 Å². The zero-order valence-electron chi connectivity index (χ0n) is 18.5. The number of alkyl halides is 3. The van der Waals surface area contributed by atoms with Gasteiger partial charge in [-0.1, -0.05) is 91.2 Å². The number of carbonyl (C=O) groups excluding carboxylic acids is 1. The summed E-state index contributed by atoms with van der Waals surface area (Å²) in [5.41, 5.74) is -5.50. The van der Waals surface area contributed by atoms with Crippen LogP contribution < -0.4 is 51.4 Å². The van der Waals surface area contributed by atoms with Crippen molar-refractivity contribution in [1.29, 1.82) is 0 Å². The van der Waals surface area contributed by atoms with Crippen molar-refractivity contribution in [3.8, 4) is 0 Å². The number of unbranched alkanes of at least 4 members (excludes halogenated alkanes) is 1. The second kappa shape index (κ2) is 36.6. The third kappa shape index (κ3) is 51.8. The van der Waals surface area contributed by atoms with Crippen molar-refractivity contribution in [3.05, 3.63) is 17.4 Å². The summed E-state index contributed by atoms with van der Waals surface area (Å²) in [4.78, 5) is 10.9. The Bertz CT molecular complexity index is 560. The molecule has 0 fully saturated rings. The quantitative estimate of drug-likeness (QED) is 0.184. The van der Waals surface area contributed by atoms with Crippen LogP contribution in [-0.2, 0) is 23.7 Å². The van der Waals surface area contributed by atoms with Gasteiger partial charge in [0, 0.05) is 6.55 Å². The Morgan fingerprint density at radius 1 is 1.00 bits per heavy atom. The molecule has 0 aliphatic heterocycles. The normalized spacial score (nSPS) is 8.77. The Morgan fingerprint density at radius 3 is 1.57 bits per heavy atom. The molecular weight excluding hydrogens is 527 g/mol. The Kier molecular flexibility index (Phi) is 67.8. The standard InChI is InChI=1S/C9H16F3NO3S.C6H12.C2H6O2Si.6CH4.K/c1-7(2)5-3-4-6-8(14)13-17(15,16)9(10,11)12;1-4-5-6(2)3;1-4-5(2)3;;;;;;;/h7H,3-6H2,1-2H3,(H,13,14);4,6H,1,5H2,2-3H3;1-2H3;6*1H4;/q;;;;;;;;;+1/p-1. The molecule has 0 heterocycles. The van der Waals surface area contributed by atoms with Gasteiger partial charge < -0.3 is 18.4 Å². The Morgan fingerprint density at radius 2 is 1.37 bits per heavy atom. The van der Waals surface area contributed by atoms with Gasteiger partial charge in [-0.3, -0.25) is 0 Å². The first-order chi connectivity index (χ1) is 12.6. The van der Waals surface area contributed by atoms with E-state index in [-0.39, 0.29) is 102 Å². The van der Waals surface area contributed by atoms with Crippen molar-refractivity contribution in [1.82, 2.24) is 0 Å². The number of rotatable bonds is 9. The van der Waals surface area contributed by atoms with Gasteiger partial charge >= 0.3 is 65.8 Å². The molecule has 35 heavy (non-hydrogen) atoms. The van der Waals surface area contributed by atoms with E-state index in [1.807, 2.05) is 19.9 Å². The first-order valence-electron chi connectivity index (χ1n) is 8.83. The van der Waals surface area contributed by atoms with Gasteiger partial charge in [0.1, 0.15) is 0 Å². The maximum Gasteiger partial charge on any atom is 1.00 e. The summed E-state index contributed by atoms with van der Waals surface area (Å²) >= 11 is 0. The van der Waals surface area contributed by atoms with Crippen molar-refractivity contribution in [2.24, 2.45) is 11.8 Å². The van der Waals surface area contributed by atoms with E-state index in [9.17, 15) is 30.8 Å². The van der Waals surface area contributed by atoms with E-state index in [1.54, 1.807) is 6.55 Å². The predicted molar refractivity (Wildman–Crippen MR) is 146 cm³/mol. The summed E-state index contributed by atoms with van der Waals surface area (Å²) in [6.45, 7) is 13.5. The van der Waals surface area contributed by atoms with Crippen LogP contribution in [0.25, 0.3) is 4.72 Å². The number of hydrogen-bond acceptors (Lipinski definition) is 5. The molecule has 0 atom stereocenters. The van der Waals surface area contributed by atoms with Gasteiger partial charge in [-0.15, -0.1) is 6.58 Å². The fourth-order valence-corrected chi connectivity index (χ4v) is 1.86. The van der Waals surface area contributed by atoms with E-state index in [0.29, 0.717) is 18.8 Å². The molecular formula is C23H57F3KNO5SSi. The monoisotopic (exact) mass is 583 g/mol. The molecule has 0 aromatic rings. The predicted octanol–water partition coefficient (Wildman–Crippen LogP) is 6.17. The summed E-state index contributed by atoms with van der Waals surface area (Å²) in [7, 11) is -5.87. The van der Waals surface area contributed by atoms with Crippen LogP contribution in [0.1, 0.15) is 104 Å². The van der Waals surface area contributed by atoms with Crippen molar-refractivity contribution in [2.45, 2.75) is 116 Å². The van der Waals surface area contributed by atoms with Gasteiger partial charge in [0.05, 0.1) is 13.0 Å². The van der Waals surface area contributed by atoms with Gasteiger partial charge in [0.2, 0.25) is 0 Å². The third-order valence-corrected chi connectivity index (χ3v) is 4.47. The van der Waals surface area contributed by atoms with Crippen LogP contribution in [0.3, 0.4) is 0 Å². The van der Waals surface area contributed by atoms with E-state index < -0.39 is 30.4 Å². The molecule has 12 heteroatoms. The summed E-state index contributed by atoms with van der Waals surface area (Å²) in [5, 5.41) is 0. The first-order valence-corrected chi connectivity index (χ1v) is 12.1. The molecule has 0 spiro atoms. The Hall–Kier alpha value is 0.403. The smallest absolute Gasteiger partial charge is 0.538 e. The molecule has 0 saturated carbocycles. The van der Waals surface area contributed by atoms with E-state index in [0.717, 1.165) is 18.8 Å². The third-order valence-electron chi connectivity index (χ3n) is 2.86. The van der Waals surface area contributed by atoms with Crippen LogP contribution in [0.4, 0.5) is 13.2 Å². The topological polar surface area (TPSA) is 91.6 Å². The fraction of sp³-hybridized carbons (Fsp3) is 0.870. The number of hydrogen-bond donors (Lipinski definition) is 0. The van der Waals surface area contributed by atoms with Crippen LogP contribution in [0, 0.1) is 11.8 Å². The Balaban J connectivity index is -0.0000000373. The zero-order valence-corrected chi connectivity index (χ0v) is 23.4. The van der Waals surface area contributed by atoms with Crippen LogP contribution in [0.15, 0.2) is 12.7 Å². The Labute approximate surface area is 261 Å². The molecule has 0 N–H and O–H groups in total. The van der Waals surface area contributed by atoms with E-state index >= 15 is 0 Å². The summed E-state index contributed by atoms with van der Waals surface area (Å²) < 4.78 is 72.8. The number of allylic oxidation sites excluding steroid dienone is 1. The average molecular weight is 584 g/mol. The molecule has 0 aromatic carbocycles. The zero-order chi connectivity index (χ0) is 23.0. The van der Waals surface area contributed by atoms with Crippen LogP contribution in [0.2, 0.25) is 6.55 Å². The molecule has 0 aliphatic rings. The molecule has 6 nitrogen and oxygen atoms in total. The molecule has 0 rings (SSSR count). The maximum atomic E-state index is 11.9. The van der Waals surface area contributed by atoms with Gasteiger partial charge in [-0.05, 0) is 31.1 Å². The summed E-state index contributed by atoms with van der Waals surface area (Å²) in [6, 6.07) is 0. The number of sulfonamides is 1. The molecule has 1 amide bonds. The van der Waals surface area contributed by atoms with Gasteiger partial charge in [0.25, 0.3) is 0 Å². The first kappa shape index (κ1) is 64.9. The number of amides is 1. The van der Waals surface area contributed by atoms with Gasteiger partial charge in [-0.2, -0.15) is 13.2 Å². The minimum Gasteiger partial charge on any atom is -0.538 e. The van der Waals surface area contributed by atoms with E-state index in [4.69, 9.17) is 0 Å². The largest absolute Gasteiger partial charge is 1.00 e. The van der Waals surface area contributed by atoms with Gasteiger partial charge in [-0.25, -0.2) is 8.42 Å². The molecule has 216 valence electrons. The molecule has 0 radical (unpaired) electrons. The SMILES string of the molecule is C.C.C.C.C.C.C=CCC(C)C.CC(C)CCCCC(=O)[N-]S(=O)(=O)C(F)(F)F.CO[Si](C)=O.[K+]. The van der Waals surface area contributed by atoms with Crippen molar-refractivity contribution < 1.29 is 86.7 Å². The minimum atomic E-state index is -5.67. The molecule has 0 unspecified atom stereocenters. The van der Waals surface area contributed by atoms with E-state index in [1.165, 1.54) is 7.11 Å². The molecule has 0 aromatic heterocycles. The van der Waals surface area contributed by atoms with Crippen molar-refractivity contribution in [3.63, 3.8) is 0 Å². The average Bonchev–Trinajstić information content (AvgIpc) is 2.51. The number of carbonyl (C=O) groups is 1. The summed E-state index contributed by atoms with van der Waals surface area (Å²) in [5.74, 6) is -0.0328. The number of halogens is 3. The maximum absolute atomic E-state index is 11.9. The van der Waals surface area contributed by atoms with Crippen LogP contribution in [-0.4, -0.2) is 35.9 Å². The van der Waals surface area contributed by atoms with E-state index in [2.05, 4.69) is 29.6 Å². The molecule has 0 aliphatic carbocycles. The van der Waals surface area contributed by atoms with Crippen molar-refractivity contribution in [2.75, 3.05) is 7.11 Å². The second-order valence-corrected chi connectivity index (χ2v) is 9.65.